The summed E-state index contributed by atoms with van der Waals surface area (Å²) in [4.78, 5) is 0. The number of nitrogens with zero attached hydrogens (tertiary/aromatic N) is 1. The second-order valence-corrected chi connectivity index (χ2v) is 3.52. The summed E-state index contributed by atoms with van der Waals surface area (Å²) in [5.41, 5.74) is -5.12. The van der Waals surface area contributed by atoms with Crippen LogP contribution in [0.3, 0.4) is 0 Å². The van der Waals surface area contributed by atoms with Crippen molar-refractivity contribution in [1.82, 2.24) is 0 Å². The minimum Gasteiger partial charge on any atom is -0.192 e. The molecule has 0 saturated heterocycles. The fourth-order valence-corrected chi connectivity index (χ4v) is 1.75. The summed E-state index contributed by atoms with van der Waals surface area (Å²) in [7, 11) is 0. The molecule has 0 heterocycles. The largest absolute Gasteiger partial charge is 0.418 e. The van der Waals surface area contributed by atoms with E-state index in [2.05, 4.69) is 0 Å². The first-order chi connectivity index (χ1) is 8.12. The lowest BCUT2D eigenvalue weighted by atomic mass is 9.96. The van der Waals surface area contributed by atoms with Crippen LogP contribution >= 0.6 is 11.6 Å². The van der Waals surface area contributed by atoms with Crippen LogP contribution in [0.2, 0.25) is 0 Å². The second-order valence-electron chi connectivity index (χ2n) is 3.26. The van der Waals surface area contributed by atoms with Gasteiger partial charge >= 0.3 is 12.4 Å². The quantitative estimate of drug-likeness (QED) is 0.557. The number of alkyl halides is 7. The van der Waals surface area contributed by atoms with Crippen molar-refractivity contribution < 1.29 is 26.3 Å². The van der Waals surface area contributed by atoms with E-state index in [1.165, 1.54) is 6.07 Å². The lowest BCUT2D eigenvalue weighted by molar-refractivity contribution is -0.144. The Morgan fingerprint density at radius 2 is 1.61 bits per heavy atom. The van der Waals surface area contributed by atoms with E-state index in [9.17, 15) is 26.3 Å². The third-order valence-electron chi connectivity index (χ3n) is 2.16. The van der Waals surface area contributed by atoms with Gasteiger partial charge in [-0.3, -0.25) is 0 Å². The molecule has 8 heteroatoms. The van der Waals surface area contributed by atoms with Gasteiger partial charge in [0.2, 0.25) is 0 Å². The molecule has 0 spiro atoms. The van der Waals surface area contributed by atoms with Crippen molar-refractivity contribution in [2.24, 2.45) is 0 Å². The minimum atomic E-state index is -5.07. The molecule has 1 rings (SSSR count). The Labute approximate surface area is 103 Å². The summed E-state index contributed by atoms with van der Waals surface area (Å²) in [6.45, 7) is 0. The molecule has 0 saturated carbocycles. The second kappa shape index (κ2) is 4.69. The maximum absolute atomic E-state index is 12.7. The van der Waals surface area contributed by atoms with E-state index in [1.54, 1.807) is 0 Å². The van der Waals surface area contributed by atoms with Crippen molar-refractivity contribution >= 4 is 11.6 Å². The van der Waals surface area contributed by atoms with Gasteiger partial charge in [-0.2, -0.15) is 31.6 Å². The van der Waals surface area contributed by atoms with Crippen molar-refractivity contribution in [3.05, 3.63) is 34.4 Å². The number of hydrogen-bond donors (Lipinski definition) is 0. The van der Waals surface area contributed by atoms with E-state index < -0.39 is 40.5 Å². The maximum Gasteiger partial charge on any atom is 0.418 e. The fraction of sp³-hybridized carbons (Fsp3) is 0.300. The molecule has 0 aromatic heterocycles. The Hall–Kier alpha value is -1.42. The molecule has 18 heavy (non-hydrogen) atoms. The molecule has 0 aliphatic rings. The molecular formula is C10H4ClF6N. The van der Waals surface area contributed by atoms with Crippen LogP contribution in [0.5, 0.6) is 0 Å². The van der Waals surface area contributed by atoms with Gasteiger partial charge in [0, 0.05) is 5.88 Å². The van der Waals surface area contributed by atoms with Crippen molar-refractivity contribution in [2.45, 2.75) is 18.2 Å². The molecule has 0 amide bonds. The summed E-state index contributed by atoms with van der Waals surface area (Å²) in [5.74, 6) is -0.987. The topological polar surface area (TPSA) is 23.8 Å². The summed E-state index contributed by atoms with van der Waals surface area (Å²) in [6.07, 6.45) is -10.0. The van der Waals surface area contributed by atoms with E-state index in [0.29, 0.717) is 12.1 Å². The molecule has 1 aromatic rings. The van der Waals surface area contributed by atoms with Gasteiger partial charge in [0.1, 0.15) is 0 Å². The molecule has 1 aromatic carbocycles. The van der Waals surface area contributed by atoms with Gasteiger partial charge in [0.15, 0.2) is 0 Å². The SMILES string of the molecule is N#Cc1ccc(C(F)(F)F)c(CCl)c1C(F)(F)F. The van der Waals surface area contributed by atoms with Crippen LogP contribution in [0.25, 0.3) is 0 Å². The van der Waals surface area contributed by atoms with E-state index in [0.717, 1.165) is 0 Å². The molecule has 0 aliphatic carbocycles. The van der Waals surface area contributed by atoms with Crippen molar-refractivity contribution in [1.29, 1.82) is 5.26 Å². The maximum atomic E-state index is 12.7. The predicted octanol–water partition coefficient (Wildman–Crippen LogP) is 4.33. The van der Waals surface area contributed by atoms with Crippen LogP contribution in [-0.2, 0) is 18.2 Å². The third-order valence-corrected chi connectivity index (χ3v) is 2.42. The Balaban J connectivity index is 3.71. The number of rotatable bonds is 1. The van der Waals surface area contributed by atoms with Crippen LogP contribution in [0.15, 0.2) is 12.1 Å². The van der Waals surface area contributed by atoms with Gasteiger partial charge in [0.25, 0.3) is 0 Å². The highest BCUT2D eigenvalue weighted by atomic mass is 35.5. The van der Waals surface area contributed by atoms with Crippen LogP contribution in [0.1, 0.15) is 22.3 Å². The highest BCUT2D eigenvalue weighted by molar-refractivity contribution is 6.17. The van der Waals surface area contributed by atoms with E-state index >= 15 is 0 Å². The summed E-state index contributed by atoms with van der Waals surface area (Å²) < 4.78 is 75.6. The smallest absolute Gasteiger partial charge is 0.192 e. The number of benzene rings is 1. The zero-order valence-electron chi connectivity index (χ0n) is 8.45. The Kier molecular flexibility index (Phi) is 3.81. The summed E-state index contributed by atoms with van der Waals surface area (Å²) in [5, 5.41) is 8.52. The van der Waals surface area contributed by atoms with E-state index in [4.69, 9.17) is 16.9 Å². The average molecular weight is 288 g/mol. The lowest BCUT2D eigenvalue weighted by Crippen LogP contribution is -2.17. The van der Waals surface area contributed by atoms with Crippen LogP contribution in [-0.4, -0.2) is 0 Å². The monoisotopic (exact) mass is 287 g/mol. The highest BCUT2D eigenvalue weighted by Crippen LogP contribution is 2.41. The van der Waals surface area contributed by atoms with Gasteiger partial charge in [-0.05, 0) is 17.7 Å². The first-order valence-electron chi connectivity index (χ1n) is 4.39. The molecule has 0 aliphatic heterocycles. The lowest BCUT2D eigenvalue weighted by Gasteiger charge is -2.18. The van der Waals surface area contributed by atoms with Crippen LogP contribution in [0, 0.1) is 11.3 Å². The molecule has 0 atom stereocenters. The molecule has 0 N–H and O–H groups in total. The Bertz CT molecular complexity index is 497. The van der Waals surface area contributed by atoms with Crippen LogP contribution in [0.4, 0.5) is 26.3 Å². The van der Waals surface area contributed by atoms with E-state index in [1.807, 2.05) is 0 Å². The summed E-state index contributed by atoms with van der Waals surface area (Å²) in [6, 6.07) is 2.12. The third kappa shape index (κ3) is 2.70. The zero-order valence-corrected chi connectivity index (χ0v) is 9.21. The van der Waals surface area contributed by atoms with Crippen molar-refractivity contribution in [2.75, 3.05) is 0 Å². The molecule has 98 valence electrons. The Morgan fingerprint density at radius 1 is 1.06 bits per heavy atom. The first-order valence-corrected chi connectivity index (χ1v) is 4.92. The zero-order chi connectivity index (χ0) is 14.1. The number of halogens is 7. The molecule has 0 bridgehead atoms. The molecule has 0 unspecified atom stereocenters. The fourth-order valence-electron chi connectivity index (χ4n) is 1.47. The minimum absolute atomic E-state index is 0.422. The summed E-state index contributed by atoms with van der Waals surface area (Å²) >= 11 is 5.17. The number of hydrogen-bond acceptors (Lipinski definition) is 1. The van der Waals surface area contributed by atoms with E-state index in [-0.39, 0.29) is 0 Å². The van der Waals surface area contributed by atoms with Crippen molar-refractivity contribution in [3.63, 3.8) is 0 Å². The highest BCUT2D eigenvalue weighted by Gasteiger charge is 2.42. The van der Waals surface area contributed by atoms with Gasteiger partial charge in [-0.25, -0.2) is 0 Å². The van der Waals surface area contributed by atoms with Gasteiger partial charge in [-0.15, -0.1) is 11.6 Å². The number of nitriles is 1. The molecular weight excluding hydrogens is 284 g/mol. The standard InChI is InChI=1S/C10H4ClF6N/c11-3-6-7(9(12,13)14)2-1-5(4-18)8(6)10(15,16)17/h1-2H,3H2. The van der Waals surface area contributed by atoms with Gasteiger partial charge in [0.05, 0.1) is 22.8 Å². The van der Waals surface area contributed by atoms with Crippen molar-refractivity contribution in [3.8, 4) is 6.07 Å². The first kappa shape index (κ1) is 14.6. The van der Waals surface area contributed by atoms with Crippen LogP contribution < -0.4 is 0 Å². The van der Waals surface area contributed by atoms with Gasteiger partial charge < -0.3 is 0 Å². The van der Waals surface area contributed by atoms with Gasteiger partial charge in [-0.1, -0.05) is 0 Å². The Morgan fingerprint density at radius 3 is 1.94 bits per heavy atom. The molecule has 0 radical (unpaired) electrons. The molecule has 0 fully saturated rings. The average Bonchev–Trinajstić information content (AvgIpc) is 2.24. The molecule has 1 nitrogen and oxygen atoms in total. The normalized spacial score (nSPS) is 12.3. The predicted molar refractivity (Wildman–Crippen MR) is 50.7 cm³/mol.